The first kappa shape index (κ1) is 24.5. The van der Waals surface area contributed by atoms with Crippen LogP contribution in [0.15, 0.2) is 71.6 Å². The second kappa shape index (κ2) is 10.2. The fourth-order valence-corrected chi connectivity index (χ4v) is 4.05. The maximum atomic E-state index is 12.8. The smallest absolute Gasteiger partial charge is 0.339 e. The van der Waals surface area contributed by atoms with Crippen LogP contribution in [0.2, 0.25) is 0 Å². The molecule has 0 aromatic heterocycles. The molecule has 1 amide bonds. The molecule has 0 aliphatic carbocycles. The van der Waals surface area contributed by atoms with E-state index in [1.807, 2.05) is 6.92 Å². The van der Waals surface area contributed by atoms with E-state index in [1.165, 1.54) is 68.8 Å². The summed E-state index contributed by atoms with van der Waals surface area (Å²) in [5.41, 5.74) is 1.63. The number of anilines is 2. The zero-order valence-corrected chi connectivity index (χ0v) is 19.4. The molecule has 0 bridgehead atoms. The SMILES string of the molecule is COC(=O)c1ccc(C(=O)OC)c(NC(=O)c2ccc(NS(=O)(=O)c3ccc(C)cc3)cc2)c1. The van der Waals surface area contributed by atoms with Crippen molar-refractivity contribution in [3.05, 3.63) is 89.0 Å². The number of carbonyl (C=O) groups excluding carboxylic acids is 3. The Hall–Kier alpha value is -4.18. The lowest BCUT2D eigenvalue weighted by Gasteiger charge is -2.12. The number of esters is 2. The summed E-state index contributed by atoms with van der Waals surface area (Å²) in [6.07, 6.45) is 0. The van der Waals surface area contributed by atoms with Gasteiger partial charge in [0.05, 0.1) is 35.9 Å². The normalized spacial score (nSPS) is 10.8. The van der Waals surface area contributed by atoms with Crippen molar-refractivity contribution in [3.63, 3.8) is 0 Å². The van der Waals surface area contributed by atoms with Crippen molar-refractivity contribution < 1.29 is 32.3 Å². The fraction of sp³-hybridized carbons (Fsp3) is 0.125. The zero-order chi connectivity index (χ0) is 24.9. The van der Waals surface area contributed by atoms with Crippen molar-refractivity contribution in [1.29, 1.82) is 0 Å². The first-order valence-corrected chi connectivity index (χ1v) is 11.4. The van der Waals surface area contributed by atoms with Crippen LogP contribution in [-0.4, -0.2) is 40.5 Å². The summed E-state index contributed by atoms with van der Waals surface area (Å²) in [6, 6.07) is 16.1. The lowest BCUT2D eigenvalue weighted by molar-refractivity contribution is 0.0587. The number of hydrogen-bond donors (Lipinski definition) is 2. The Morgan fingerprint density at radius 1 is 0.765 bits per heavy atom. The predicted octanol–water partition coefficient (Wildman–Crippen LogP) is 3.62. The molecule has 0 saturated carbocycles. The Morgan fingerprint density at radius 3 is 1.94 bits per heavy atom. The van der Waals surface area contributed by atoms with E-state index in [4.69, 9.17) is 4.74 Å². The lowest BCUT2D eigenvalue weighted by atomic mass is 10.1. The average Bonchev–Trinajstić information content (AvgIpc) is 2.83. The third kappa shape index (κ3) is 5.59. The van der Waals surface area contributed by atoms with Gasteiger partial charge in [0.1, 0.15) is 0 Å². The van der Waals surface area contributed by atoms with Crippen LogP contribution < -0.4 is 10.0 Å². The summed E-state index contributed by atoms with van der Waals surface area (Å²) in [5.74, 6) is -1.93. The fourth-order valence-electron chi connectivity index (χ4n) is 3.00. The van der Waals surface area contributed by atoms with Gasteiger partial charge in [0, 0.05) is 11.3 Å². The molecule has 3 rings (SSSR count). The van der Waals surface area contributed by atoms with Crippen LogP contribution in [0.1, 0.15) is 36.6 Å². The van der Waals surface area contributed by atoms with Gasteiger partial charge in [-0.05, 0) is 61.5 Å². The summed E-state index contributed by atoms with van der Waals surface area (Å²) >= 11 is 0. The molecule has 0 saturated heterocycles. The highest BCUT2D eigenvalue weighted by atomic mass is 32.2. The molecule has 34 heavy (non-hydrogen) atoms. The molecule has 3 aromatic carbocycles. The van der Waals surface area contributed by atoms with Crippen LogP contribution in [0, 0.1) is 6.92 Å². The largest absolute Gasteiger partial charge is 0.465 e. The average molecular weight is 483 g/mol. The molecule has 0 atom stereocenters. The minimum Gasteiger partial charge on any atom is -0.465 e. The molecule has 0 spiro atoms. The summed E-state index contributed by atoms with van der Waals surface area (Å²) in [6.45, 7) is 1.85. The summed E-state index contributed by atoms with van der Waals surface area (Å²) in [5, 5.41) is 2.57. The number of rotatable bonds is 7. The Kier molecular flexibility index (Phi) is 7.32. The third-order valence-corrected chi connectivity index (χ3v) is 6.22. The van der Waals surface area contributed by atoms with Gasteiger partial charge in [-0.25, -0.2) is 18.0 Å². The molecule has 9 nitrogen and oxygen atoms in total. The van der Waals surface area contributed by atoms with Crippen LogP contribution in [0.25, 0.3) is 0 Å². The van der Waals surface area contributed by atoms with E-state index >= 15 is 0 Å². The Morgan fingerprint density at radius 2 is 1.35 bits per heavy atom. The van der Waals surface area contributed by atoms with E-state index in [2.05, 4.69) is 14.8 Å². The van der Waals surface area contributed by atoms with Crippen molar-refractivity contribution in [1.82, 2.24) is 0 Å². The number of nitrogens with one attached hydrogen (secondary N) is 2. The van der Waals surface area contributed by atoms with E-state index in [-0.39, 0.29) is 33.0 Å². The molecule has 0 heterocycles. The third-order valence-electron chi connectivity index (χ3n) is 4.82. The van der Waals surface area contributed by atoms with Gasteiger partial charge < -0.3 is 14.8 Å². The number of aryl methyl sites for hydroxylation is 1. The van der Waals surface area contributed by atoms with Gasteiger partial charge in [0.15, 0.2) is 0 Å². The highest BCUT2D eigenvalue weighted by Crippen LogP contribution is 2.22. The zero-order valence-electron chi connectivity index (χ0n) is 18.6. The van der Waals surface area contributed by atoms with Gasteiger partial charge in [-0.1, -0.05) is 17.7 Å². The molecule has 0 fully saturated rings. The second-order valence-corrected chi connectivity index (χ2v) is 8.88. The molecule has 0 unspecified atom stereocenters. The monoisotopic (exact) mass is 482 g/mol. The molecule has 10 heteroatoms. The minimum absolute atomic E-state index is 0.0472. The van der Waals surface area contributed by atoms with Crippen molar-refractivity contribution >= 4 is 39.2 Å². The number of carbonyl (C=O) groups is 3. The van der Waals surface area contributed by atoms with E-state index in [9.17, 15) is 22.8 Å². The van der Waals surface area contributed by atoms with Crippen molar-refractivity contribution in [2.75, 3.05) is 24.3 Å². The summed E-state index contributed by atoms with van der Waals surface area (Å²) < 4.78 is 36.9. The van der Waals surface area contributed by atoms with Crippen LogP contribution in [0.5, 0.6) is 0 Å². The molecule has 2 N–H and O–H groups in total. The molecule has 176 valence electrons. The van der Waals surface area contributed by atoms with E-state index in [1.54, 1.807) is 12.1 Å². The maximum absolute atomic E-state index is 12.8. The number of ether oxygens (including phenoxy) is 2. The number of sulfonamides is 1. The number of hydrogen-bond acceptors (Lipinski definition) is 7. The van der Waals surface area contributed by atoms with Crippen LogP contribution in [0.3, 0.4) is 0 Å². The first-order valence-electron chi connectivity index (χ1n) is 9.96. The highest BCUT2D eigenvalue weighted by Gasteiger charge is 2.19. The highest BCUT2D eigenvalue weighted by molar-refractivity contribution is 7.92. The number of amides is 1. The van der Waals surface area contributed by atoms with Gasteiger partial charge in [-0.15, -0.1) is 0 Å². The van der Waals surface area contributed by atoms with Crippen molar-refractivity contribution in [3.8, 4) is 0 Å². The van der Waals surface area contributed by atoms with Gasteiger partial charge >= 0.3 is 11.9 Å². The minimum atomic E-state index is -3.79. The molecule has 3 aromatic rings. The van der Waals surface area contributed by atoms with E-state index < -0.39 is 27.9 Å². The Bertz CT molecular complexity index is 1330. The van der Waals surface area contributed by atoms with Gasteiger partial charge in [0.2, 0.25) is 0 Å². The van der Waals surface area contributed by atoms with E-state index in [0.29, 0.717) is 0 Å². The topological polar surface area (TPSA) is 128 Å². The first-order chi connectivity index (χ1) is 16.1. The standard InChI is InChI=1S/C24H22N2O7S/c1-15-4-11-19(12-5-15)34(30,31)26-18-9-6-16(7-10-18)22(27)25-21-14-17(23(28)32-2)8-13-20(21)24(29)33-3/h4-14,26H,1-3H3,(H,25,27). The number of methoxy groups -OCH3 is 2. The molecule has 0 aliphatic rings. The van der Waals surface area contributed by atoms with Crippen LogP contribution in [0.4, 0.5) is 11.4 Å². The van der Waals surface area contributed by atoms with Crippen molar-refractivity contribution in [2.45, 2.75) is 11.8 Å². The van der Waals surface area contributed by atoms with Crippen molar-refractivity contribution in [2.24, 2.45) is 0 Å². The van der Waals surface area contributed by atoms with Gasteiger partial charge in [-0.3, -0.25) is 9.52 Å². The van der Waals surface area contributed by atoms with E-state index in [0.717, 1.165) is 5.56 Å². The summed E-state index contributed by atoms with van der Waals surface area (Å²) in [4.78, 5) is 36.8. The molecule has 0 radical (unpaired) electrons. The lowest BCUT2D eigenvalue weighted by Crippen LogP contribution is -2.17. The molecule has 0 aliphatic heterocycles. The predicted molar refractivity (Wildman–Crippen MR) is 126 cm³/mol. The maximum Gasteiger partial charge on any atom is 0.339 e. The van der Waals surface area contributed by atoms with Crippen LogP contribution >= 0.6 is 0 Å². The molecular formula is C24H22N2O7S. The van der Waals surface area contributed by atoms with Crippen LogP contribution in [-0.2, 0) is 19.5 Å². The second-order valence-electron chi connectivity index (χ2n) is 7.19. The quantitative estimate of drug-likeness (QED) is 0.492. The van der Waals surface area contributed by atoms with Gasteiger partial charge in [-0.2, -0.15) is 0 Å². The number of benzene rings is 3. The Balaban J connectivity index is 1.80. The van der Waals surface area contributed by atoms with Gasteiger partial charge in [0.25, 0.3) is 15.9 Å². The molecular weight excluding hydrogens is 460 g/mol. The Labute approximate surface area is 196 Å². The summed E-state index contributed by atoms with van der Waals surface area (Å²) in [7, 11) is -1.39.